The highest BCUT2D eigenvalue weighted by atomic mass is 16.5. The molecule has 0 aliphatic carbocycles. The Morgan fingerprint density at radius 1 is 1.16 bits per heavy atom. The standard InChI is InChI=1S/C24H30N2O5/c1-6-15(3)26-14-17-10-18(8-9-22(17)31-21(7-2)24(26)28)25-23(27)16-11-19(29-4)13-20(12-16)30-5/h8-13,15,21H,6-7,14H2,1-5H3,(H,25,27)/t15-,21+/m1/s1. The van der Waals surface area contributed by atoms with E-state index in [0.29, 0.717) is 41.5 Å². The lowest BCUT2D eigenvalue weighted by atomic mass is 10.1. The van der Waals surface area contributed by atoms with Crippen LogP contribution in [0.5, 0.6) is 17.2 Å². The van der Waals surface area contributed by atoms with E-state index in [4.69, 9.17) is 14.2 Å². The zero-order valence-electron chi connectivity index (χ0n) is 18.7. The maximum absolute atomic E-state index is 12.9. The fourth-order valence-corrected chi connectivity index (χ4v) is 3.54. The van der Waals surface area contributed by atoms with Gasteiger partial charge in [-0.2, -0.15) is 0 Å². The molecule has 0 radical (unpaired) electrons. The molecule has 0 bridgehead atoms. The Labute approximate surface area is 183 Å². The number of ether oxygens (including phenoxy) is 3. The minimum absolute atomic E-state index is 0.00195. The molecule has 1 aliphatic heterocycles. The smallest absolute Gasteiger partial charge is 0.264 e. The molecule has 0 unspecified atom stereocenters. The van der Waals surface area contributed by atoms with Crippen LogP contribution in [0, 0.1) is 0 Å². The van der Waals surface area contributed by atoms with Crippen LogP contribution >= 0.6 is 0 Å². The average molecular weight is 427 g/mol. The van der Waals surface area contributed by atoms with Crippen molar-refractivity contribution in [3.05, 3.63) is 47.5 Å². The van der Waals surface area contributed by atoms with Crippen LogP contribution in [0.3, 0.4) is 0 Å². The third-order valence-electron chi connectivity index (χ3n) is 5.59. The van der Waals surface area contributed by atoms with Crippen molar-refractivity contribution < 1.29 is 23.8 Å². The van der Waals surface area contributed by atoms with Crippen molar-refractivity contribution in [2.75, 3.05) is 19.5 Å². The van der Waals surface area contributed by atoms with Crippen molar-refractivity contribution in [2.45, 2.75) is 52.3 Å². The number of carbonyl (C=O) groups excluding carboxylic acids is 2. The third-order valence-corrected chi connectivity index (χ3v) is 5.59. The van der Waals surface area contributed by atoms with Crippen molar-refractivity contribution in [1.29, 1.82) is 0 Å². The molecule has 0 saturated heterocycles. The van der Waals surface area contributed by atoms with Gasteiger partial charge in [0.15, 0.2) is 6.10 Å². The minimum atomic E-state index is -0.500. The second-order valence-electron chi connectivity index (χ2n) is 7.62. The summed E-state index contributed by atoms with van der Waals surface area (Å²) >= 11 is 0. The summed E-state index contributed by atoms with van der Waals surface area (Å²) in [5.41, 5.74) is 1.91. The number of fused-ring (bicyclic) bond motifs is 1. The molecule has 1 heterocycles. The first-order chi connectivity index (χ1) is 14.9. The number of rotatable bonds is 7. The fraction of sp³-hybridized carbons (Fsp3) is 0.417. The molecule has 2 atom stereocenters. The van der Waals surface area contributed by atoms with Gasteiger partial charge in [-0.25, -0.2) is 0 Å². The van der Waals surface area contributed by atoms with Crippen molar-refractivity contribution in [1.82, 2.24) is 4.90 Å². The second-order valence-corrected chi connectivity index (χ2v) is 7.62. The Morgan fingerprint density at radius 2 is 1.84 bits per heavy atom. The average Bonchev–Trinajstić information content (AvgIpc) is 2.93. The molecule has 3 rings (SSSR count). The maximum atomic E-state index is 12.9. The van der Waals surface area contributed by atoms with Crippen LogP contribution in [0.4, 0.5) is 5.69 Å². The molecule has 1 aliphatic rings. The summed E-state index contributed by atoms with van der Waals surface area (Å²) in [4.78, 5) is 27.6. The largest absolute Gasteiger partial charge is 0.497 e. The molecule has 7 heteroatoms. The van der Waals surface area contributed by atoms with Crippen LogP contribution in [-0.2, 0) is 11.3 Å². The third kappa shape index (κ3) is 4.93. The maximum Gasteiger partial charge on any atom is 0.264 e. The molecule has 7 nitrogen and oxygen atoms in total. The highest BCUT2D eigenvalue weighted by molar-refractivity contribution is 6.05. The first-order valence-corrected chi connectivity index (χ1v) is 10.5. The van der Waals surface area contributed by atoms with E-state index < -0.39 is 6.10 Å². The van der Waals surface area contributed by atoms with Gasteiger partial charge in [0.25, 0.3) is 11.8 Å². The van der Waals surface area contributed by atoms with Gasteiger partial charge in [-0.1, -0.05) is 13.8 Å². The van der Waals surface area contributed by atoms with E-state index in [2.05, 4.69) is 12.2 Å². The van der Waals surface area contributed by atoms with Crippen LogP contribution in [0.15, 0.2) is 36.4 Å². The lowest BCUT2D eigenvalue weighted by molar-refractivity contribution is -0.140. The highest BCUT2D eigenvalue weighted by Gasteiger charge is 2.32. The Hall–Kier alpha value is -3.22. The van der Waals surface area contributed by atoms with Crippen molar-refractivity contribution in [3.63, 3.8) is 0 Å². The summed E-state index contributed by atoms with van der Waals surface area (Å²) in [7, 11) is 3.08. The molecule has 2 aromatic rings. The van der Waals surface area contributed by atoms with Gasteiger partial charge in [0, 0.05) is 35.5 Å². The minimum Gasteiger partial charge on any atom is -0.497 e. The van der Waals surface area contributed by atoms with Crippen LogP contribution in [-0.4, -0.2) is 43.1 Å². The molecular weight excluding hydrogens is 396 g/mol. The molecule has 0 saturated carbocycles. The van der Waals surface area contributed by atoms with Crippen LogP contribution in [0.25, 0.3) is 0 Å². The van der Waals surface area contributed by atoms with Gasteiger partial charge in [0.1, 0.15) is 17.2 Å². The van der Waals surface area contributed by atoms with E-state index in [0.717, 1.165) is 12.0 Å². The molecule has 0 aromatic heterocycles. The fourth-order valence-electron chi connectivity index (χ4n) is 3.54. The SMILES string of the molecule is CC[C@@H]1Oc2ccc(NC(=O)c3cc(OC)cc(OC)c3)cc2CN([C@H](C)CC)C1=O. The Balaban J connectivity index is 1.88. The van der Waals surface area contributed by atoms with Crippen molar-refractivity contribution >= 4 is 17.5 Å². The Morgan fingerprint density at radius 3 is 2.42 bits per heavy atom. The summed E-state index contributed by atoms with van der Waals surface area (Å²) in [6.07, 6.45) is 0.951. The van der Waals surface area contributed by atoms with Crippen LogP contribution in [0.2, 0.25) is 0 Å². The normalized spacial score (nSPS) is 16.6. The number of nitrogens with zero attached hydrogens (tertiary/aromatic N) is 1. The molecule has 0 fully saturated rings. The van der Waals surface area contributed by atoms with E-state index in [9.17, 15) is 9.59 Å². The van der Waals surface area contributed by atoms with Gasteiger partial charge in [0.2, 0.25) is 0 Å². The quantitative estimate of drug-likeness (QED) is 0.716. The monoisotopic (exact) mass is 426 g/mol. The number of benzene rings is 2. The number of anilines is 1. The van der Waals surface area contributed by atoms with E-state index in [1.165, 1.54) is 14.2 Å². The van der Waals surface area contributed by atoms with Gasteiger partial charge >= 0.3 is 0 Å². The molecule has 166 valence electrons. The molecule has 2 amide bonds. The number of hydrogen-bond acceptors (Lipinski definition) is 5. The van der Waals surface area contributed by atoms with Crippen LogP contribution in [0.1, 0.15) is 49.5 Å². The Bertz CT molecular complexity index is 937. The first kappa shape index (κ1) is 22.5. The predicted molar refractivity (Wildman–Crippen MR) is 119 cm³/mol. The van der Waals surface area contributed by atoms with Crippen molar-refractivity contribution in [3.8, 4) is 17.2 Å². The highest BCUT2D eigenvalue weighted by Crippen LogP contribution is 2.31. The van der Waals surface area contributed by atoms with E-state index in [-0.39, 0.29) is 17.9 Å². The molecule has 1 N–H and O–H groups in total. The van der Waals surface area contributed by atoms with Gasteiger partial charge in [-0.05, 0) is 50.1 Å². The zero-order valence-corrected chi connectivity index (χ0v) is 18.7. The van der Waals surface area contributed by atoms with E-state index in [1.807, 2.05) is 30.9 Å². The van der Waals surface area contributed by atoms with Gasteiger partial charge < -0.3 is 24.4 Å². The summed E-state index contributed by atoms with van der Waals surface area (Å²) < 4.78 is 16.5. The topological polar surface area (TPSA) is 77.1 Å². The Kier molecular flexibility index (Phi) is 7.05. The number of methoxy groups -OCH3 is 2. The number of amides is 2. The van der Waals surface area contributed by atoms with E-state index in [1.54, 1.807) is 24.3 Å². The second kappa shape index (κ2) is 9.73. The predicted octanol–water partition coefficient (Wildman–Crippen LogP) is 4.25. The summed E-state index contributed by atoms with van der Waals surface area (Å²) in [5, 5.41) is 2.92. The van der Waals surface area contributed by atoms with E-state index >= 15 is 0 Å². The van der Waals surface area contributed by atoms with Crippen molar-refractivity contribution in [2.24, 2.45) is 0 Å². The molecule has 31 heavy (non-hydrogen) atoms. The lowest BCUT2D eigenvalue weighted by Gasteiger charge is -2.28. The number of carbonyl (C=O) groups is 2. The molecule has 2 aromatic carbocycles. The molecular formula is C24H30N2O5. The first-order valence-electron chi connectivity index (χ1n) is 10.5. The lowest BCUT2D eigenvalue weighted by Crippen LogP contribution is -2.43. The number of nitrogens with one attached hydrogen (secondary N) is 1. The van der Waals surface area contributed by atoms with Gasteiger partial charge in [-0.15, -0.1) is 0 Å². The molecule has 0 spiro atoms. The zero-order chi connectivity index (χ0) is 22.5. The summed E-state index contributed by atoms with van der Waals surface area (Å²) in [6.45, 7) is 6.48. The van der Waals surface area contributed by atoms with Gasteiger partial charge in [0.05, 0.1) is 14.2 Å². The number of hydrogen-bond donors (Lipinski definition) is 1. The summed E-state index contributed by atoms with van der Waals surface area (Å²) in [5.74, 6) is 1.46. The summed E-state index contributed by atoms with van der Waals surface area (Å²) in [6, 6.07) is 10.6. The van der Waals surface area contributed by atoms with Crippen LogP contribution < -0.4 is 19.5 Å². The van der Waals surface area contributed by atoms with Gasteiger partial charge in [-0.3, -0.25) is 9.59 Å².